The molecule has 3 rings (SSSR count). The molecule has 0 amide bonds. The Bertz CT molecular complexity index is 619. The number of nitrogens with zero attached hydrogens (tertiary/aromatic N) is 1. The van der Waals surface area contributed by atoms with Crippen molar-refractivity contribution in [3.63, 3.8) is 0 Å². The van der Waals surface area contributed by atoms with Crippen LogP contribution in [0.1, 0.15) is 22.4 Å². The summed E-state index contributed by atoms with van der Waals surface area (Å²) in [5.41, 5.74) is 2.87. The Hall–Kier alpha value is -1.14. The zero-order chi connectivity index (χ0) is 13.1. The fourth-order valence-electron chi connectivity index (χ4n) is 1.81. The van der Waals surface area contributed by atoms with Gasteiger partial charge in [0.15, 0.2) is 0 Å². The van der Waals surface area contributed by atoms with E-state index < -0.39 is 0 Å². The van der Waals surface area contributed by atoms with E-state index in [0.29, 0.717) is 6.54 Å². The van der Waals surface area contributed by atoms with Crippen LogP contribution in [0.15, 0.2) is 45.8 Å². The number of hydrogen-bond donors (Lipinski definition) is 1. The summed E-state index contributed by atoms with van der Waals surface area (Å²) in [7, 11) is 0. The van der Waals surface area contributed by atoms with Crippen LogP contribution in [0.3, 0.4) is 0 Å². The molecule has 1 atom stereocenters. The van der Waals surface area contributed by atoms with E-state index in [1.54, 1.807) is 28.9 Å². The average Bonchev–Trinajstić information content (AvgIpc) is 3.11. The van der Waals surface area contributed by atoms with Crippen LogP contribution < -0.4 is 5.32 Å². The number of hydrogen-bond acceptors (Lipinski definition) is 5. The van der Waals surface area contributed by atoms with Crippen LogP contribution in [0, 0.1) is 0 Å². The predicted octanol–water partition coefficient (Wildman–Crippen LogP) is 4.33. The molecule has 0 radical (unpaired) electrons. The van der Waals surface area contributed by atoms with Crippen LogP contribution in [0.25, 0.3) is 0 Å². The summed E-state index contributed by atoms with van der Waals surface area (Å²) < 4.78 is 6.29. The number of thiazole rings is 1. The van der Waals surface area contributed by atoms with Gasteiger partial charge in [-0.2, -0.15) is 0 Å². The van der Waals surface area contributed by atoms with Crippen molar-refractivity contribution >= 4 is 34.3 Å². The fourth-order valence-corrected chi connectivity index (χ4v) is 3.52. The number of furan rings is 1. The van der Waals surface area contributed by atoms with Gasteiger partial charge in [-0.25, -0.2) is 4.98 Å². The highest BCUT2D eigenvalue weighted by molar-refractivity contribution is 7.16. The maximum atomic E-state index is 6.02. The van der Waals surface area contributed by atoms with Gasteiger partial charge in [0, 0.05) is 16.8 Å². The highest BCUT2D eigenvalue weighted by Gasteiger charge is 2.18. The van der Waals surface area contributed by atoms with Gasteiger partial charge >= 0.3 is 0 Å². The summed E-state index contributed by atoms with van der Waals surface area (Å²) in [6.07, 6.45) is 1.68. The van der Waals surface area contributed by atoms with E-state index in [-0.39, 0.29) is 6.04 Å². The quantitative estimate of drug-likeness (QED) is 0.762. The molecule has 3 heterocycles. The number of rotatable bonds is 5. The van der Waals surface area contributed by atoms with Crippen molar-refractivity contribution in [3.05, 3.63) is 62.1 Å². The van der Waals surface area contributed by atoms with Crippen LogP contribution in [0.2, 0.25) is 4.34 Å². The second kappa shape index (κ2) is 5.88. The summed E-state index contributed by atoms with van der Waals surface area (Å²) in [6.45, 7) is 0.699. The molecular weight excluding hydrogens is 300 g/mol. The summed E-state index contributed by atoms with van der Waals surface area (Å²) >= 11 is 9.17. The summed E-state index contributed by atoms with van der Waals surface area (Å²) in [6, 6.07) is 7.79. The van der Waals surface area contributed by atoms with Crippen molar-refractivity contribution < 1.29 is 4.42 Å². The van der Waals surface area contributed by atoms with Gasteiger partial charge in [0.2, 0.25) is 0 Å². The van der Waals surface area contributed by atoms with Gasteiger partial charge in [-0.05, 0) is 24.3 Å². The highest BCUT2D eigenvalue weighted by atomic mass is 35.5. The fraction of sp³-hybridized carbons (Fsp3) is 0.154. The molecule has 6 heteroatoms. The van der Waals surface area contributed by atoms with Gasteiger partial charge in [-0.15, -0.1) is 22.7 Å². The van der Waals surface area contributed by atoms with Crippen molar-refractivity contribution in [3.8, 4) is 0 Å². The second-order valence-electron chi connectivity index (χ2n) is 3.95. The molecular formula is C13H11ClN2OS2. The normalized spacial score (nSPS) is 12.7. The van der Waals surface area contributed by atoms with Crippen molar-refractivity contribution in [1.82, 2.24) is 10.3 Å². The summed E-state index contributed by atoms with van der Waals surface area (Å²) in [5.74, 6) is 0.883. The van der Waals surface area contributed by atoms with E-state index in [2.05, 4.69) is 10.3 Å². The molecule has 98 valence electrons. The molecule has 0 aliphatic rings. The van der Waals surface area contributed by atoms with E-state index in [1.165, 1.54) is 0 Å². The lowest BCUT2D eigenvalue weighted by Crippen LogP contribution is -2.20. The third kappa shape index (κ3) is 3.06. The molecule has 0 aliphatic carbocycles. The monoisotopic (exact) mass is 310 g/mol. The minimum atomic E-state index is 0.00852. The first-order chi connectivity index (χ1) is 9.33. The van der Waals surface area contributed by atoms with Crippen molar-refractivity contribution in [2.24, 2.45) is 0 Å². The van der Waals surface area contributed by atoms with Crippen LogP contribution in [0.4, 0.5) is 0 Å². The van der Waals surface area contributed by atoms with Crippen molar-refractivity contribution in [1.29, 1.82) is 0 Å². The molecule has 0 bridgehead atoms. The van der Waals surface area contributed by atoms with Crippen LogP contribution in [-0.4, -0.2) is 4.98 Å². The Labute approximate surface area is 123 Å². The molecule has 0 saturated carbocycles. The Morgan fingerprint density at radius 3 is 2.95 bits per heavy atom. The molecule has 0 aliphatic heterocycles. The van der Waals surface area contributed by atoms with Crippen molar-refractivity contribution in [2.45, 2.75) is 12.6 Å². The van der Waals surface area contributed by atoms with E-state index in [9.17, 15) is 0 Å². The first-order valence-corrected chi connectivity index (χ1v) is 7.86. The predicted molar refractivity (Wildman–Crippen MR) is 78.8 cm³/mol. The molecule has 1 unspecified atom stereocenters. The van der Waals surface area contributed by atoms with Gasteiger partial charge in [0.05, 0.1) is 21.8 Å². The summed E-state index contributed by atoms with van der Waals surface area (Å²) in [5, 5.41) is 5.49. The molecule has 0 aromatic carbocycles. The Kier molecular flexibility index (Phi) is 3.98. The topological polar surface area (TPSA) is 38.1 Å². The lowest BCUT2D eigenvalue weighted by atomic mass is 10.2. The van der Waals surface area contributed by atoms with Gasteiger partial charge in [-0.1, -0.05) is 11.6 Å². The molecule has 3 aromatic rings. The molecule has 3 aromatic heterocycles. The van der Waals surface area contributed by atoms with E-state index in [4.69, 9.17) is 16.0 Å². The van der Waals surface area contributed by atoms with Crippen LogP contribution >= 0.6 is 34.3 Å². The van der Waals surface area contributed by atoms with Gasteiger partial charge in [0.1, 0.15) is 11.8 Å². The minimum absolute atomic E-state index is 0.00852. The largest absolute Gasteiger partial charge is 0.467 e. The van der Waals surface area contributed by atoms with Crippen molar-refractivity contribution in [2.75, 3.05) is 0 Å². The maximum Gasteiger partial charge on any atom is 0.126 e. The smallest absolute Gasteiger partial charge is 0.126 e. The summed E-state index contributed by atoms with van der Waals surface area (Å²) in [4.78, 5) is 5.41. The molecule has 3 nitrogen and oxygen atoms in total. The maximum absolute atomic E-state index is 6.02. The third-order valence-electron chi connectivity index (χ3n) is 2.68. The minimum Gasteiger partial charge on any atom is -0.467 e. The molecule has 0 fully saturated rings. The lowest BCUT2D eigenvalue weighted by molar-refractivity contribution is 0.448. The van der Waals surface area contributed by atoms with E-state index in [0.717, 1.165) is 20.7 Å². The lowest BCUT2D eigenvalue weighted by Gasteiger charge is -2.14. The number of thiophene rings is 1. The number of nitrogens with one attached hydrogen (secondary N) is 1. The van der Waals surface area contributed by atoms with E-state index in [1.807, 2.05) is 35.2 Å². The van der Waals surface area contributed by atoms with Crippen LogP contribution in [0.5, 0.6) is 0 Å². The zero-order valence-electron chi connectivity index (χ0n) is 9.88. The molecule has 19 heavy (non-hydrogen) atoms. The number of halogens is 1. The van der Waals surface area contributed by atoms with Gasteiger partial charge in [0.25, 0.3) is 0 Å². The first-order valence-electron chi connectivity index (χ1n) is 5.72. The van der Waals surface area contributed by atoms with Gasteiger partial charge in [-0.3, -0.25) is 5.32 Å². The second-order valence-corrected chi connectivity index (χ2v) is 6.42. The average molecular weight is 311 g/mol. The standard InChI is InChI=1S/C13H11ClN2OS2/c14-12-4-3-11(19-12)13(10-2-1-5-17-10)15-6-9-7-18-8-16-9/h1-5,7-8,13,15H,6H2. The Morgan fingerprint density at radius 1 is 1.37 bits per heavy atom. The highest BCUT2D eigenvalue weighted by Crippen LogP contribution is 2.31. The Balaban J connectivity index is 1.80. The molecule has 0 saturated heterocycles. The van der Waals surface area contributed by atoms with Gasteiger partial charge < -0.3 is 4.42 Å². The third-order valence-corrected chi connectivity index (χ3v) is 4.61. The molecule has 0 spiro atoms. The van der Waals surface area contributed by atoms with E-state index >= 15 is 0 Å². The first kappa shape index (κ1) is 12.9. The molecule has 1 N–H and O–H groups in total. The SMILES string of the molecule is Clc1ccc(C(NCc2cscn2)c2ccco2)s1. The zero-order valence-corrected chi connectivity index (χ0v) is 12.3. The van der Waals surface area contributed by atoms with Crippen LogP contribution in [-0.2, 0) is 6.54 Å². The number of aromatic nitrogens is 1. The Morgan fingerprint density at radius 2 is 2.32 bits per heavy atom.